The zero-order chi connectivity index (χ0) is 14.3. The average molecular weight is 264 g/mol. The average Bonchev–Trinajstić information content (AvgIpc) is 2.47. The number of benzene rings is 2. The summed E-state index contributed by atoms with van der Waals surface area (Å²) in [7, 11) is 0. The van der Waals surface area contributed by atoms with Gasteiger partial charge in [0.1, 0.15) is 11.3 Å². The highest BCUT2D eigenvalue weighted by Crippen LogP contribution is 2.27. The van der Waals surface area contributed by atoms with Crippen LogP contribution < -0.4 is 5.43 Å². The zero-order valence-corrected chi connectivity index (χ0v) is 11.9. The van der Waals surface area contributed by atoms with Crippen LogP contribution in [0.1, 0.15) is 16.7 Å². The fourth-order valence-corrected chi connectivity index (χ4v) is 2.50. The van der Waals surface area contributed by atoms with E-state index in [1.54, 1.807) is 0 Å². The molecule has 0 bridgehead atoms. The molecule has 0 atom stereocenters. The van der Waals surface area contributed by atoms with E-state index >= 15 is 0 Å². The zero-order valence-electron chi connectivity index (χ0n) is 11.9. The minimum atomic E-state index is 0.0614. The Bertz CT molecular complexity index is 843. The van der Waals surface area contributed by atoms with Crippen molar-refractivity contribution in [2.45, 2.75) is 20.8 Å². The summed E-state index contributed by atoms with van der Waals surface area (Å²) in [4.78, 5) is 12.6. The molecule has 0 spiro atoms. The normalized spacial score (nSPS) is 10.9. The number of aryl methyl sites for hydroxylation is 2. The van der Waals surface area contributed by atoms with Gasteiger partial charge in [0, 0.05) is 11.1 Å². The molecule has 0 aliphatic rings. The van der Waals surface area contributed by atoms with Gasteiger partial charge in [-0.3, -0.25) is 4.79 Å². The fraction of sp³-hybridized carbons (Fsp3) is 0.167. The van der Waals surface area contributed by atoms with E-state index < -0.39 is 0 Å². The van der Waals surface area contributed by atoms with Crippen LogP contribution in [0, 0.1) is 20.8 Å². The third kappa shape index (κ3) is 1.85. The van der Waals surface area contributed by atoms with Crippen LogP contribution in [0.5, 0.6) is 0 Å². The van der Waals surface area contributed by atoms with Crippen LogP contribution in [0.15, 0.2) is 51.7 Å². The largest absolute Gasteiger partial charge is 0.456 e. The minimum Gasteiger partial charge on any atom is -0.456 e. The summed E-state index contributed by atoms with van der Waals surface area (Å²) in [6.45, 7) is 5.81. The molecule has 2 aromatic carbocycles. The molecule has 2 heteroatoms. The Balaban J connectivity index is 2.42. The number of hydrogen-bond acceptors (Lipinski definition) is 2. The number of rotatable bonds is 1. The Labute approximate surface area is 117 Å². The predicted octanol–water partition coefficient (Wildman–Crippen LogP) is 4.39. The van der Waals surface area contributed by atoms with Crippen LogP contribution >= 0.6 is 0 Å². The van der Waals surface area contributed by atoms with Gasteiger partial charge in [-0.15, -0.1) is 0 Å². The van der Waals surface area contributed by atoms with Crippen molar-refractivity contribution >= 4 is 11.0 Å². The van der Waals surface area contributed by atoms with Gasteiger partial charge in [0.25, 0.3) is 0 Å². The highest BCUT2D eigenvalue weighted by atomic mass is 16.3. The third-order valence-electron chi connectivity index (χ3n) is 3.85. The van der Waals surface area contributed by atoms with Crippen molar-refractivity contribution in [3.63, 3.8) is 0 Å². The van der Waals surface area contributed by atoms with Crippen molar-refractivity contribution in [3.8, 4) is 11.3 Å². The molecule has 0 amide bonds. The molecule has 1 heterocycles. The molecule has 100 valence electrons. The van der Waals surface area contributed by atoms with Gasteiger partial charge in [-0.05, 0) is 38.0 Å². The van der Waals surface area contributed by atoms with Crippen LogP contribution in [0.25, 0.3) is 22.3 Å². The first-order valence-electron chi connectivity index (χ1n) is 6.68. The van der Waals surface area contributed by atoms with E-state index in [9.17, 15) is 4.79 Å². The molecule has 20 heavy (non-hydrogen) atoms. The summed E-state index contributed by atoms with van der Waals surface area (Å²) < 4.78 is 6.00. The third-order valence-corrected chi connectivity index (χ3v) is 3.85. The second-order valence-corrected chi connectivity index (χ2v) is 5.13. The number of hydrogen-bond donors (Lipinski definition) is 0. The Morgan fingerprint density at radius 3 is 2.25 bits per heavy atom. The first-order chi connectivity index (χ1) is 9.59. The van der Waals surface area contributed by atoms with Crippen molar-refractivity contribution in [2.24, 2.45) is 0 Å². The highest BCUT2D eigenvalue weighted by molar-refractivity contribution is 5.84. The van der Waals surface area contributed by atoms with Crippen molar-refractivity contribution in [1.82, 2.24) is 0 Å². The maximum absolute atomic E-state index is 12.6. The lowest BCUT2D eigenvalue weighted by molar-refractivity contribution is 0.613. The lowest BCUT2D eigenvalue weighted by atomic mass is 10.0. The number of fused-ring (bicyclic) bond motifs is 1. The smallest absolute Gasteiger partial charge is 0.196 e. The summed E-state index contributed by atoms with van der Waals surface area (Å²) in [6, 6.07) is 13.6. The van der Waals surface area contributed by atoms with E-state index in [1.807, 2.05) is 63.2 Å². The van der Waals surface area contributed by atoms with Gasteiger partial charge in [0.2, 0.25) is 0 Å². The maximum Gasteiger partial charge on any atom is 0.196 e. The Kier molecular flexibility index (Phi) is 2.94. The quantitative estimate of drug-likeness (QED) is 0.652. The SMILES string of the molecule is Cc1ccc2oc(-c3ccccc3)c(C)c(=O)c2c1C. The van der Waals surface area contributed by atoms with Crippen molar-refractivity contribution < 1.29 is 4.42 Å². The van der Waals surface area contributed by atoms with Gasteiger partial charge in [-0.2, -0.15) is 0 Å². The van der Waals surface area contributed by atoms with Crippen LogP contribution in [-0.2, 0) is 0 Å². The Morgan fingerprint density at radius 2 is 1.55 bits per heavy atom. The molecule has 0 saturated heterocycles. The van der Waals surface area contributed by atoms with Crippen molar-refractivity contribution in [2.75, 3.05) is 0 Å². The first kappa shape index (κ1) is 12.7. The molecular weight excluding hydrogens is 248 g/mol. The summed E-state index contributed by atoms with van der Waals surface area (Å²) in [5, 5.41) is 0.696. The fourth-order valence-electron chi connectivity index (χ4n) is 2.50. The molecule has 0 radical (unpaired) electrons. The summed E-state index contributed by atoms with van der Waals surface area (Å²) in [5.74, 6) is 0.659. The van der Waals surface area contributed by atoms with Crippen molar-refractivity contribution in [3.05, 3.63) is 69.4 Å². The Hall–Kier alpha value is -2.35. The van der Waals surface area contributed by atoms with E-state index in [0.717, 1.165) is 16.7 Å². The predicted molar refractivity (Wildman–Crippen MR) is 82.1 cm³/mol. The lowest BCUT2D eigenvalue weighted by Crippen LogP contribution is -2.09. The van der Waals surface area contributed by atoms with Crippen LogP contribution in [-0.4, -0.2) is 0 Å². The first-order valence-corrected chi connectivity index (χ1v) is 6.68. The molecule has 0 N–H and O–H groups in total. The molecule has 2 nitrogen and oxygen atoms in total. The van der Waals surface area contributed by atoms with Crippen LogP contribution in [0.3, 0.4) is 0 Å². The molecule has 0 aliphatic heterocycles. The van der Waals surface area contributed by atoms with E-state index in [4.69, 9.17) is 4.42 Å². The molecule has 0 saturated carbocycles. The topological polar surface area (TPSA) is 30.2 Å². The molecular formula is C18H16O2. The second-order valence-electron chi connectivity index (χ2n) is 5.13. The molecule has 0 fully saturated rings. The van der Waals surface area contributed by atoms with E-state index in [2.05, 4.69) is 0 Å². The lowest BCUT2D eigenvalue weighted by Gasteiger charge is -2.09. The van der Waals surface area contributed by atoms with Gasteiger partial charge >= 0.3 is 0 Å². The summed E-state index contributed by atoms with van der Waals surface area (Å²) in [5.41, 5.74) is 4.42. The van der Waals surface area contributed by atoms with Gasteiger partial charge < -0.3 is 4.42 Å². The second kappa shape index (κ2) is 4.64. The standard InChI is InChI=1S/C18H16O2/c1-11-9-10-15-16(12(11)2)17(19)13(3)18(20-15)14-7-5-4-6-8-14/h4-10H,1-3H3. The summed E-state index contributed by atoms with van der Waals surface area (Å²) >= 11 is 0. The molecule has 0 unspecified atom stereocenters. The summed E-state index contributed by atoms with van der Waals surface area (Å²) in [6.07, 6.45) is 0. The van der Waals surface area contributed by atoms with Gasteiger partial charge in [-0.25, -0.2) is 0 Å². The van der Waals surface area contributed by atoms with Gasteiger partial charge in [0.15, 0.2) is 5.43 Å². The Morgan fingerprint density at radius 1 is 0.850 bits per heavy atom. The highest BCUT2D eigenvalue weighted by Gasteiger charge is 2.14. The van der Waals surface area contributed by atoms with Crippen LogP contribution in [0.2, 0.25) is 0 Å². The molecule has 3 aromatic rings. The van der Waals surface area contributed by atoms with E-state index in [0.29, 0.717) is 22.3 Å². The maximum atomic E-state index is 12.6. The molecule has 1 aromatic heterocycles. The van der Waals surface area contributed by atoms with E-state index in [-0.39, 0.29) is 5.43 Å². The monoisotopic (exact) mass is 264 g/mol. The van der Waals surface area contributed by atoms with Crippen LogP contribution in [0.4, 0.5) is 0 Å². The van der Waals surface area contributed by atoms with Gasteiger partial charge in [0.05, 0.1) is 5.39 Å². The molecule has 0 aliphatic carbocycles. The van der Waals surface area contributed by atoms with E-state index in [1.165, 1.54) is 0 Å². The van der Waals surface area contributed by atoms with Crippen molar-refractivity contribution in [1.29, 1.82) is 0 Å². The minimum absolute atomic E-state index is 0.0614. The van der Waals surface area contributed by atoms with Gasteiger partial charge in [-0.1, -0.05) is 36.4 Å². The molecule has 3 rings (SSSR count).